The van der Waals surface area contributed by atoms with Crippen molar-refractivity contribution in [1.82, 2.24) is 0 Å². The average Bonchev–Trinajstić information content (AvgIpc) is 2.42. The lowest BCUT2D eigenvalue weighted by Crippen LogP contribution is -2.27. The molecule has 5 heteroatoms. The van der Waals surface area contributed by atoms with Gasteiger partial charge in [-0.25, -0.2) is 4.39 Å². The number of nitrogens with zero attached hydrogens (tertiary/aromatic N) is 1. The third kappa shape index (κ3) is 2.75. The number of hydrogen-bond acceptors (Lipinski definition) is 2. The van der Waals surface area contributed by atoms with Crippen LogP contribution in [0.15, 0.2) is 36.4 Å². The number of nitrogen functional groups attached to an aromatic ring is 1. The van der Waals surface area contributed by atoms with Gasteiger partial charge in [0, 0.05) is 17.6 Å². The highest BCUT2D eigenvalue weighted by Crippen LogP contribution is 2.27. The van der Waals surface area contributed by atoms with E-state index in [1.165, 1.54) is 17.0 Å². The van der Waals surface area contributed by atoms with Gasteiger partial charge in [0.05, 0.1) is 11.4 Å². The Kier molecular flexibility index (Phi) is 3.95. The molecule has 0 aromatic heterocycles. The SMILES string of the molecule is Cc1ccc(F)cc1C(=O)N(C)c1cc(Cl)ccc1N. The summed E-state index contributed by atoms with van der Waals surface area (Å²) in [5.41, 5.74) is 7.77. The van der Waals surface area contributed by atoms with E-state index in [9.17, 15) is 9.18 Å². The Morgan fingerprint density at radius 1 is 1.25 bits per heavy atom. The van der Waals surface area contributed by atoms with Crippen LogP contribution in [-0.4, -0.2) is 13.0 Å². The lowest BCUT2D eigenvalue weighted by molar-refractivity contribution is 0.0992. The van der Waals surface area contributed by atoms with E-state index in [2.05, 4.69) is 0 Å². The second-order valence-corrected chi connectivity index (χ2v) is 4.96. The molecule has 0 radical (unpaired) electrons. The van der Waals surface area contributed by atoms with Gasteiger partial charge in [-0.1, -0.05) is 17.7 Å². The first-order valence-corrected chi connectivity index (χ1v) is 6.37. The fraction of sp³-hybridized carbons (Fsp3) is 0.133. The Labute approximate surface area is 121 Å². The molecule has 20 heavy (non-hydrogen) atoms. The van der Waals surface area contributed by atoms with E-state index in [0.29, 0.717) is 27.5 Å². The van der Waals surface area contributed by atoms with Crippen molar-refractivity contribution in [3.63, 3.8) is 0 Å². The molecule has 3 nitrogen and oxygen atoms in total. The molecule has 2 rings (SSSR count). The molecular formula is C15H14ClFN2O. The first-order chi connectivity index (χ1) is 9.40. The number of nitrogens with two attached hydrogens (primary N) is 1. The summed E-state index contributed by atoms with van der Waals surface area (Å²) in [7, 11) is 1.58. The summed E-state index contributed by atoms with van der Waals surface area (Å²) in [5, 5.41) is 0.477. The van der Waals surface area contributed by atoms with Gasteiger partial charge in [-0.2, -0.15) is 0 Å². The van der Waals surface area contributed by atoms with Gasteiger partial charge in [0.15, 0.2) is 0 Å². The van der Waals surface area contributed by atoms with Gasteiger partial charge in [0.2, 0.25) is 0 Å². The minimum atomic E-state index is -0.452. The standard InChI is InChI=1S/C15H14ClFN2O/c1-9-3-5-11(17)8-12(9)15(20)19(2)14-7-10(16)4-6-13(14)18/h3-8H,18H2,1-2H3. The Bertz CT molecular complexity index is 673. The molecule has 2 N–H and O–H groups in total. The van der Waals surface area contributed by atoms with E-state index in [1.807, 2.05) is 0 Å². The zero-order valence-corrected chi connectivity index (χ0v) is 11.9. The van der Waals surface area contributed by atoms with Crippen LogP contribution < -0.4 is 10.6 Å². The van der Waals surface area contributed by atoms with Gasteiger partial charge >= 0.3 is 0 Å². The average molecular weight is 293 g/mol. The number of aryl methyl sites for hydroxylation is 1. The van der Waals surface area contributed by atoms with Gasteiger partial charge in [0.1, 0.15) is 5.82 Å². The van der Waals surface area contributed by atoms with Crippen LogP contribution in [0.2, 0.25) is 5.02 Å². The van der Waals surface area contributed by atoms with Crippen LogP contribution in [0.1, 0.15) is 15.9 Å². The number of benzene rings is 2. The van der Waals surface area contributed by atoms with E-state index in [-0.39, 0.29) is 5.91 Å². The number of anilines is 2. The summed E-state index contributed by atoms with van der Waals surface area (Å²) >= 11 is 5.91. The Morgan fingerprint density at radius 2 is 1.95 bits per heavy atom. The van der Waals surface area contributed by atoms with Crippen molar-refractivity contribution >= 4 is 28.9 Å². The largest absolute Gasteiger partial charge is 0.397 e. The number of amides is 1. The van der Waals surface area contributed by atoms with Gasteiger partial charge in [-0.05, 0) is 42.8 Å². The normalized spacial score (nSPS) is 10.4. The summed E-state index contributed by atoms with van der Waals surface area (Å²) < 4.78 is 13.3. The Balaban J connectivity index is 2.42. The molecule has 0 aliphatic rings. The lowest BCUT2D eigenvalue weighted by atomic mass is 10.1. The zero-order chi connectivity index (χ0) is 14.9. The van der Waals surface area contributed by atoms with Crippen LogP contribution in [-0.2, 0) is 0 Å². The van der Waals surface area contributed by atoms with Gasteiger partial charge in [0.25, 0.3) is 5.91 Å². The number of carbonyl (C=O) groups excluding carboxylic acids is 1. The highest BCUT2D eigenvalue weighted by Gasteiger charge is 2.18. The zero-order valence-electron chi connectivity index (χ0n) is 11.2. The van der Waals surface area contributed by atoms with Crippen molar-refractivity contribution in [1.29, 1.82) is 0 Å². The molecule has 0 aliphatic heterocycles. The molecule has 0 saturated heterocycles. The van der Waals surface area contributed by atoms with Gasteiger partial charge < -0.3 is 10.6 Å². The van der Waals surface area contributed by atoms with Crippen molar-refractivity contribution in [3.8, 4) is 0 Å². The molecule has 0 spiro atoms. The lowest BCUT2D eigenvalue weighted by Gasteiger charge is -2.20. The van der Waals surface area contributed by atoms with E-state index < -0.39 is 5.82 Å². The summed E-state index contributed by atoms with van der Waals surface area (Å²) in [6.45, 7) is 1.75. The molecule has 0 saturated carbocycles. The van der Waals surface area contributed by atoms with Crippen molar-refractivity contribution in [2.24, 2.45) is 0 Å². The first-order valence-electron chi connectivity index (χ1n) is 5.99. The molecule has 0 aliphatic carbocycles. The van der Waals surface area contributed by atoms with Crippen LogP contribution in [0.5, 0.6) is 0 Å². The maximum Gasteiger partial charge on any atom is 0.258 e. The molecular weight excluding hydrogens is 279 g/mol. The number of carbonyl (C=O) groups is 1. The summed E-state index contributed by atoms with van der Waals surface area (Å²) in [5.74, 6) is -0.789. The third-order valence-electron chi connectivity index (χ3n) is 3.09. The van der Waals surface area contributed by atoms with Crippen molar-refractivity contribution in [2.45, 2.75) is 6.92 Å². The topological polar surface area (TPSA) is 46.3 Å². The van der Waals surface area contributed by atoms with Gasteiger partial charge in [-0.15, -0.1) is 0 Å². The summed E-state index contributed by atoms with van der Waals surface area (Å²) in [6.07, 6.45) is 0. The predicted octanol–water partition coefficient (Wildman–Crippen LogP) is 3.65. The van der Waals surface area contributed by atoms with Crippen LogP contribution in [0, 0.1) is 12.7 Å². The number of rotatable bonds is 2. The van der Waals surface area contributed by atoms with E-state index in [4.69, 9.17) is 17.3 Å². The van der Waals surface area contributed by atoms with Gasteiger partial charge in [-0.3, -0.25) is 4.79 Å². The van der Waals surface area contributed by atoms with Crippen LogP contribution in [0.4, 0.5) is 15.8 Å². The molecule has 2 aromatic rings. The molecule has 1 amide bonds. The fourth-order valence-electron chi connectivity index (χ4n) is 1.92. The second-order valence-electron chi connectivity index (χ2n) is 4.53. The minimum absolute atomic E-state index is 0.298. The molecule has 2 aromatic carbocycles. The Morgan fingerprint density at radius 3 is 2.65 bits per heavy atom. The van der Waals surface area contributed by atoms with E-state index in [0.717, 1.165) is 0 Å². The van der Waals surface area contributed by atoms with Crippen LogP contribution in [0.3, 0.4) is 0 Å². The highest BCUT2D eigenvalue weighted by atomic mass is 35.5. The molecule has 104 valence electrons. The Hall–Kier alpha value is -2.07. The van der Waals surface area contributed by atoms with Crippen molar-refractivity contribution in [2.75, 3.05) is 17.7 Å². The molecule has 0 heterocycles. The maximum atomic E-state index is 13.3. The third-order valence-corrected chi connectivity index (χ3v) is 3.32. The maximum absolute atomic E-state index is 13.3. The quantitative estimate of drug-likeness (QED) is 0.859. The van der Waals surface area contributed by atoms with Crippen molar-refractivity contribution < 1.29 is 9.18 Å². The second kappa shape index (κ2) is 5.51. The molecule has 0 unspecified atom stereocenters. The fourth-order valence-corrected chi connectivity index (χ4v) is 2.09. The predicted molar refractivity (Wildman–Crippen MR) is 79.7 cm³/mol. The minimum Gasteiger partial charge on any atom is -0.397 e. The van der Waals surface area contributed by atoms with E-state index >= 15 is 0 Å². The smallest absolute Gasteiger partial charge is 0.258 e. The number of hydrogen-bond donors (Lipinski definition) is 1. The summed E-state index contributed by atoms with van der Waals surface area (Å²) in [6, 6.07) is 8.97. The molecule has 0 fully saturated rings. The van der Waals surface area contributed by atoms with Crippen molar-refractivity contribution in [3.05, 3.63) is 58.4 Å². The number of halogens is 2. The van der Waals surface area contributed by atoms with Crippen LogP contribution in [0.25, 0.3) is 0 Å². The first kappa shape index (κ1) is 14.3. The molecule has 0 bridgehead atoms. The van der Waals surface area contributed by atoms with Crippen LogP contribution >= 0.6 is 11.6 Å². The highest BCUT2D eigenvalue weighted by molar-refractivity contribution is 6.31. The monoisotopic (exact) mass is 292 g/mol. The van der Waals surface area contributed by atoms with E-state index in [1.54, 1.807) is 38.2 Å². The molecule has 0 atom stereocenters. The summed E-state index contributed by atoms with van der Waals surface area (Å²) in [4.78, 5) is 13.8.